The molecule has 2 aromatic rings. The molecule has 19 heavy (non-hydrogen) atoms. The standard InChI is InChI=1S/C14H13FN2O2/c1-8-6-10(18)3-4-11(8)14(19)17-13-5-2-9(15)7-12(13)16/h2-7,18H,16H2,1H3,(H,17,19). The summed E-state index contributed by atoms with van der Waals surface area (Å²) < 4.78 is 12.9. The highest BCUT2D eigenvalue weighted by Crippen LogP contribution is 2.21. The number of nitrogen functional groups attached to an aromatic ring is 1. The van der Waals surface area contributed by atoms with E-state index in [1.165, 1.54) is 30.3 Å². The van der Waals surface area contributed by atoms with Gasteiger partial charge in [0.05, 0.1) is 11.4 Å². The van der Waals surface area contributed by atoms with E-state index in [0.29, 0.717) is 16.8 Å². The van der Waals surface area contributed by atoms with Gasteiger partial charge in [0, 0.05) is 5.56 Å². The number of amides is 1. The molecular weight excluding hydrogens is 247 g/mol. The Balaban J connectivity index is 2.25. The Hall–Kier alpha value is -2.56. The molecule has 0 aliphatic heterocycles. The molecule has 1 amide bonds. The number of carbonyl (C=O) groups is 1. The van der Waals surface area contributed by atoms with E-state index in [0.717, 1.165) is 6.07 Å². The number of phenols is 1. The molecule has 0 atom stereocenters. The van der Waals surface area contributed by atoms with Crippen molar-refractivity contribution >= 4 is 17.3 Å². The lowest BCUT2D eigenvalue weighted by atomic mass is 10.1. The molecule has 2 rings (SSSR count). The van der Waals surface area contributed by atoms with Gasteiger partial charge in [-0.2, -0.15) is 0 Å². The predicted molar refractivity (Wildman–Crippen MR) is 71.6 cm³/mol. The first-order chi connectivity index (χ1) is 8.97. The Morgan fingerprint density at radius 1 is 1.26 bits per heavy atom. The van der Waals surface area contributed by atoms with E-state index >= 15 is 0 Å². The molecule has 2 aromatic carbocycles. The Morgan fingerprint density at radius 3 is 2.63 bits per heavy atom. The Labute approximate surface area is 109 Å². The summed E-state index contributed by atoms with van der Waals surface area (Å²) in [5.41, 5.74) is 7.17. The van der Waals surface area contributed by atoms with Crippen LogP contribution in [0.15, 0.2) is 36.4 Å². The summed E-state index contributed by atoms with van der Waals surface area (Å²) in [4.78, 5) is 12.0. The number of hydrogen-bond donors (Lipinski definition) is 3. The lowest BCUT2D eigenvalue weighted by Gasteiger charge is -2.10. The Kier molecular flexibility index (Phi) is 3.37. The molecule has 0 bridgehead atoms. The van der Waals surface area contributed by atoms with E-state index in [-0.39, 0.29) is 17.3 Å². The first-order valence-electron chi connectivity index (χ1n) is 5.63. The van der Waals surface area contributed by atoms with Crippen LogP contribution in [0.1, 0.15) is 15.9 Å². The van der Waals surface area contributed by atoms with Gasteiger partial charge in [-0.1, -0.05) is 0 Å². The van der Waals surface area contributed by atoms with E-state index < -0.39 is 5.82 Å². The summed E-state index contributed by atoms with van der Waals surface area (Å²) in [6.07, 6.45) is 0. The molecule has 0 aromatic heterocycles. The van der Waals surface area contributed by atoms with Gasteiger partial charge in [-0.05, 0) is 48.9 Å². The molecule has 0 radical (unpaired) electrons. The highest BCUT2D eigenvalue weighted by atomic mass is 19.1. The zero-order valence-corrected chi connectivity index (χ0v) is 10.3. The number of rotatable bonds is 2. The second kappa shape index (κ2) is 4.97. The SMILES string of the molecule is Cc1cc(O)ccc1C(=O)Nc1ccc(F)cc1N. The van der Waals surface area contributed by atoms with Crippen LogP contribution in [0, 0.1) is 12.7 Å². The molecule has 0 heterocycles. The predicted octanol–water partition coefficient (Wildman–Crippen LogP) is 2.67. The van der Waals surface area contributed by atoms with Crippen molar-refractivity contribution in [3.8, 4) is 5.75 Å². The molecule has 98 valence electrons. The molecule has 0 spiro atoms. The van der Waals surface area contributed by atoms with Gasteiger partial charge in [-0.25, -0.2) is 4.39 Å². The lowest BCUT2D eigenvalue weighted by molar-refractivity contribution is 0.102. The minimum atomic E-state index is -0.462. The average molecular weight is 260 g/mol. The molecule has 0 fully saturated rings. The summed E-state index contributed by atoms with van der Waals surface area (Å²) in [7, 11) is 0. The van der Waals surface area contributed by atoms with Crippen LogP contribution in [0.2, 0.25) is 0 Å². The molecule has 5 heteroatoms. The first-order valence-corrected chi connectivity index (χ1v) is 5.63. The first kappa shape index (κ1) is 12.9. The number of benzene rings is 2. The van der Waals surface area contributed by atoms with Gasteiger partial charge < -0.3 is 16.2 Å². The van der Waals surface area contributed by atoms with Crippen molar-refractivity contribution in [3.05, 3.63) is 53.3 Å². The highest BCUT2D eigenvalue weighted by molar-refractivity contribution is 6.06. The number of aromatic hydroxyl groups is 1. The lowest BCUT2D eigenvalue weighted by Crippen LogP contribution is -2.14. The quantitative estimate of drug-likeness (QED) is 0.727. The van der Waals surface area contributed by atoms with Crippen LogP contribution in [0.25, 0.3) is 0 Å². The maximum Gasteiger partial charge on any atom is 0.255 e. The Bertz CT molecular complexity index is 641. The van der Waals surface area contributed by atoms with Crippen molar-refractivity contribution in [2.24, 2.45) is 0 Å². The number of aryl methyl sites for hydroxylation is 1. The van der Waals surface area contributed by atoms with Crippen LogP contribution in [-0.2, 0) is 0 Å². The van der Waals surface area contributed by atoms with Crippen molar-refractivity contribution in [1.29, 1.82) is 0 Å². The fourth-order valence-corrected chi connectivity index (χ4v) is 1.74. The van der Waals surface area contributed by atoms with Crippen molar-refractivity contribution in [2.75, 3.05) is 11.1 Å². The third-order valence-corrected chi connectivity index (χ3v) is 2.72. The van der Waals surface area contributed by atoms with Crippen LogP contribution in [0.4, 0.5) is 15.8 Å². The molecule has 0 unspecified atom stereocenters. The molecule has 0 saturated carbocycles. The number of hydrogen-bond acceptors (Lipinski definition) is 3. The van der Waals surface area contributed by atoms with E-state index in [1.54, 1.807) is 6.92 Å². The highest BCUT2D eigenvalue weighted by Gasteiger charge is 2.11. The zero-order chi connectivity index (χ0) is 14.0. The van der Waals surface area contributed by atoms with Gasteiger partial charge in [-0.15, -0.1) is 0 Å². The molecule has 0 aliphatic carbocycles. The summed E-state index contributed by atoms with van der Waals surface area (Å²) >= 11 is 0. The second-order valence-electron chi connectivity index (χ2n) is 4.18. The van der Waals surface area contributed by atoms with Gasteiger partial charge in [0.2, 0.25) is 0 Å². The number of carbonyl (C=O) groups excluding carboxylic acids is 1. The van der Waals surface area contributed by atoms with Crippen molar-refractivity contribution < 1.29 is 14.3 Å². The fraction of sp³-hybridized carbons (Fsp3) is 0.0714. The van der Waals surface area contributed by atoms with Gasteiger partial charge in [0.25, 0.3) is 5.91 Å². The van der Waals surface area contributed by atoms with Gasteiger partial charge >= 0.3 is 0 Å². The maximum atomic E-state index is 12.9. The number of nitrogens with one attached hydrogen (secondary N) is 1. The normalized spacial score (nSPS) is 10.2. The molecule has 4 N–H and O–H groups in total. The van der Waals surface area contributed by atoms with Crippen molar-refractivity contribution in [1.82, 2.24) is 0 Å². The summed E-state index contributed by atoms with van der Waals surface area (Å²) in [5, 5.41) is 11.9. The third kappa shape index (κ3) is 2.82. The summed E-state index contributed by atoms with van der Waals surface area (Å²) in [6, 6.07) is 8.19. The van der Waals surface area contributed by atoms with Gasteiger partial charge in [-0.3, -0.25) is 4.79 Å². The van der Waals surface area contributed by atoms with Crippen LogP contribution >= 0.6 is 0 Å². The van der Waals surface area contributed by atoms with Crippen LogP contribution in [0.3, 0.4) is 0 Å². The van der Waals surface area contributed by atoms with E-state index in [9.17, 15) is 14.3 Å². The topological polar surface area (TPSA) is 75.3 Å². The van der Waals surface area contributed by atoms with Gasteiger partial charge in [0.1, 0.15) is 11.6 Å². The maximum absolute atomic E-state index is 12.9. The third-order valence-electron chi connectivity index (χ3n) is 2.72. The van der Waals surface area contributed by atoms with Crippen molar-refractivity contribution in [3.63, 3.8) is 0 Å². The van der Waals surface area contributed by atoms with E-state index in [4.69, 9.17) is 5.73 Å². The smallest absolute Gasteiger partial charge is 0.255 e. The molecule has 4 nitrogen and oxygen atoms in total. The van der Waals surface area contributed by atoms with Crippen molar-refractivity contribution in [2.45, 2.75) is 6.92 Å². The number of nitrogens with two attached hydrogens (primary N) is 1. The van der Waals surface area contributed by atoms with Crippen LogP contribution in [-0.4, -0.2) is 11.0 Å². The summed E-state index contributed by atoms with van der Waals surface area (Å²) in [5.74, 6) is -0.734. The fourth-order valence-electron chi connectivity index (χ4n) is 1.74. The molecule has 0 saturated heterocycles. The minimum absolute atomic E-state index is 0.0929. The van der Waals surface area contributed by atoms with Crippen LogP contribution in [0.5, 0.6) is 5.75 Å². The van der Waals surface area contributed by atoms with Gasteiger partial charge in [0.15, 0.2) is 0 Å². The van der Waals surface area contributed by atoms with E-state index in [1.807, 2.05) is 0 Å². The van der Waals surface area contributed by atoms with Crippen LogP contribution < -0.4 is 11.1 Å². The second-order valence-corrected chi connectivity index (χ2v) is 4.18. The minimum Gasteiger partial charge on any atom is -0.508 e. The average Bonchev–Trinajstić information content (AvgIpc) is 2.32. The number of phenolic OH excluding ortho intramolecular Hbond substituents is 1. The molecule has 0 aliphatic rings. The monoisotopic (exact) mass is 260 g/mol. The number of anilines is 2. The van der Waals surface area contributed by atoms with E-state index in [2.05, 4.69) is 5.32 Å². The largest absolute Gasteiger partial charge is 0.508 e. The number of halogens is 1. The zero-order valence-electron chi connectivity index (χ0n) is 10.3. The molecular formula is C14H13FN2O2. The summed E-state index contributed by atoms with van der Waals surface area (Å²) in [6.45, 7) is 1.71. The Morgan fingerprint density at radius 2 is 2.00 bits per heavy atom.